The van der Waals surface area contributed by atoms with Gasteiger partial charge in [0, 0.05) is 39.9 Å². The predicted octanol–water partition coefficient (Wildman–Crippen LogP) is -1.84. The molecule has 334 valence electrons. The van der Waals surface area contributed by atoms with Gasteiger partial charge in [-0.1, -0.05) is 0 Å². The molecule has 14 N–H and O–H groups in total. The van der Waals surface area contributed by atoms with Gasteiger partial charge in [-0.25, -0.2) is 0 Å². The van der Waals surface area contributed by atoms with Crippen LogP contribution in [0.2, 0.25) is 0 Å². The lowest BCUT2D eigenvalue weighted by molar-refractivity contribution is -0.120. The van der Waals surface area contributed by atoms with E-state index in [0.717, 1.165) is 0 Å². The maximum atomic E-state index is 13.8. The Balaban J connectivity index is 2.58. The number of nitrogens with one attached hydrogen (secondary N) is 6. The van der Waals surface area contributed by atoms with Crippen molar-refractivity contribution in [2.24, 2.45) is 0 Å². The fraction of sp³-hybridized carbons (Fsp3) is 0.455. The maximum Gasteiger partial charge on any atom is 0.253 e. The highest BCUT2D eigenvalue weighted by Gasteiger charge is 2.31. The van der Waals surface area contributed by atoms with E-state index in [9.17, 15) is 69.6 Å². The van der Waals surface area contributed by atoms with Gasteiger partial charge in [-0.15, -0.1) is 0 Å². The van der Waals surface area contributed by atoms with Crippen molar-refractivity contribution >= 4 is 182 Å². The van der Waals surface area contributed by atoms with Gasteiger partial charge in [0.05, 0.1) is 112 Å². The molecule has 0 aliphatic heterocycles. The van der Waals surface area contributed by atoms with E-state index in [-0.39, 0.29) is 94.4 Å². The van der Waals surface area contributed by atoms with Gasteiger partial charge >= 0.3 is 0 Å². The molecule has 0 saturated heterocycles. The Hall–Kier alpha value is -0.720. The second-order valence-electron chi connectivity index (χ2n) is 12.3. The number of hydrogen-bond donors (Lipinski definition) is 14. The molecule has 2 aromatic carbocycles. The molecule has 0 aromatic heterocycles. The number of anilines is 2. The highest BCUT2D eigenvalue weighted by Crippen LogP contribution is 2.37. The summed E-state index contributed by atoms with van der Waals surface area (Å²) in [6, 6.07) is 0. The zero-order valence-electron chi connectivity index (χ0n) is 31.0. The molecule has 0 heterocycles. The van der Waals surface area contributed by atoms with Gasteiger partial charge < -0.3 is 72.8 Å². The summed E-state index contributed by atoms with van der Waals surface area (Å²) < 4.78 is 1.10. The normalized spacial score (nSPS) is 12.7. The Bertz CT molecular complexity index is 1810. The number of aliphatic hydroxyl groups is 8. The summed E-state index contributed by atoms with van der Waals surface area (Å²) in [4.78, 5) is 81.9. The monoisotopic (exact) mass is 1520 g/mol. The van der Waals surface area contributed by atoms with Gasteiger partial charge in [0.2, 0.25) is 11.8 Å². The van der Waals surface area contributed by atoms with Crippen molar-refractivity contribution in [2.75, 3.05) is 89.5 Å². The highest BCUT2D eigenvalue weighted by atomic mass is 127. The summed E-state index contributed by atoms with van der Waals surface area (Å²) in [6.45, 7) is -5.36. The van der Waals surface area contributed by atoms with Crippen LogP contribution in [0.1, 0.15) is 41.4 Å². The second-order valence-corrected chi connectivity index (χ2v) is 18.8. The minimum Gasteiger partial charge on any atom is -0.395 e. The highest BCUT2D eigenvalue weighted by molar-refractivity contribution is 14.1. The first-order chi connectivity index (χ1) is 28.3. The zero-order chi connectivity index (χ0) is 45.4. The molecule has 0 spiro atoms. The van der Waals surface area contributed by atoms with Crippen molar-refractivity contribution in [3.63, 3.8) is 0 Å². The van der Waals surface area contributed by atoms with Gasteiger partial charge in [-0.2, -0.15) is 0 Å². The van der Waals surface area contributed by atoms with Crippen LogP contribution in [-0.2, 0) is 9.59 Å². The first-order valence-corrected chi connectivity index (χ1v) is 23.7. The molecule has 0 fully saturated rings. The Labute approximate surface area is 424 Å². The molecule has 0 saturated carbocycles. The van der Waals surface area contributed by atoms with Crippen molar-refractivity contribution in [3.8, 4) is 0 Å². The van der Waals surface area contributed by atoms with Crippen LogP contribution >= 0.6 is 136 Å². The second kappa shape index (κ2) is 27.6. The topological polar surface area (TPSA) is 340 Å². The van der Waals surface area contributed by atoms with Crippen LogP contribution in [0.5, 0.6) is 0 Å². The summed E-state index contributed by atoms with van der Waals surface area (Å²) in [7, 11) is 0. The summed E-state index contributed by atoms with van der Waals surface area (Å²) in [5.41, 5.74) is -0.122. The SMILES string of the molecule is O=C(CN(CC(=O)Nc1c(I)c(C(=O)NCC(O)CO)c(I)c(C(=O)NCC(O)CO)c1I)CC(O)CO)Nc1c(I)c(C(=O)NCCO)c(I)c(C(=O)NCCO)c1I. The number of halogens is 6. The van der Waals surface area contributed by atoms with Crippen molar-refractivity contribution in [1.29, 1.82) is 0 Å². The number of carbonyl (C=O) groups excluding carboxylic acids is 6. The molecule has 3 unspecified atom stereocenters. The van der Waals surface area contributed by atoms with Crippen LogP contribution in [0.4, 0.5) is 11.4 Å². The summed E-state index contributed by atoms with van der Waals surface area (Å²) in [5.74, 6) is -4.45. The molecule has 27 heteroatoms. The smallest absolute Gasteiger partial charge is 0.253 e. The Morgan fingerprint density at radius 1 is 0.467 bits per heavy atom. The first kappa shape index (κ1) is 55.4. The molecular formula is C33H41I6N7O14. The maximum absolute atomic E-state index is 13.8. The van der Waals surface area contributed by atoms with Gasteiger partial charge in [-0.3, -0.25) is 33.7 Å². The first-order valence-electron chi connectivity index (χ1n) is 17.2. The lowest BCUT2D eigenvalue weighted by Gasteiger charge is -2.25. The lowest BCUT2D eigenvalue weighted by atomic mass is 10.1. The minimum atomic E-state index is -1.43. The van der Waals surface area contributed by atoms with E-state index in [1.54, 1.807) is 67.8 Å². The molecule has 0 aliphatic carbocycles. The van der Waals surface area contributed by atoms with E-state index < -0.39 is 93.2 Å². The minimum absolute atomic E-state index is 0.0124. The van der Waals surface area contributed by atoms with Crippen LogP contribution in [0, 0.1) is 21.4 Å². The fourth-order valence-electron chi connectivity index (χ4n) is 4.89. The van der Waals surface area contributed by atoms with Gasteiger partial charge in [0.25, 0.3) is 23.6 Å². The van der Waals surface area contributed by atoms with Crippen LogP contribution in [0.25, 0.3) is 0 Å². The molecule has 0 aliphatic rings. The number of amides is 6. The summed E-state index contributed by atoms with van der Waals surface area (Å²) in [6.07, 6.45) is -4.04. The molecule has 2 rings (SSSR count). The number of aliphatic hydroxyl groups excluding tert-OH is 8. The fourth-order valence-corrected chi connectivity index (χ4v) is 13.7. The average Bonchev–Trinajstić information content (AvgIpc) is 3.20. The standard InChI is InChI=1S/C33H41I6N7O14/c34-22-18(30(57)40-1-3-47)24(36)28(25(37)19(22)31(58)41-2-4-48)44-16(55)8-46(7-15(54)12-51)9-17(56)45-29-26(38)20(32(59)42-5-13(52)10-49)23(35)21(27(29)39)33(60)43-6-14(53)11-50/h13-15,47-54H,1-12H2,(H,40,57)(H,41,58)(H,42,59)(H,43,60)(H,44,55)(H,45,56). The van der Waals surface area contributed by atoms with E-state index in [1.165, 1.54) is 4.90 Å². The molecule has 0 radical (unpaired) electrons. The molecule has 60 heavy (non-hydrogen) atoms. The van der Waals surface area contributed by atoms with E-state index in [0.29, 0.717) is 0 Å². The van der Waals surface area contributed by atoms with Crippen molar-refractivity contribution < 1.29 is 69.6 Å². The van der Waals surface area contributed by atoms with E-state index in [4.69, 9.17) is 0 Å². The van der Waals surface area contributed by atoms with E-state index in [2.05, 4.69) is 31.9 Å². The van der Waals surface area contributed by atoms with Crippen LogP contribution in [0.15, 0.2) is 0 Å². The zero-order valence-corrected chi connectivity index (χ0v) is 43.9. The van der Waals surface area contributed by atoms with Gasteiger partial charge in [-0.05, 0) is 136 Å². The third-order valence-corrected chi connectivity index (χ3v) is 14.2. The number of carbonyl (C=O) groups is 6. The molecule has 3 atom stereocenters. The van der Waals surface area contributed by atoms with Crippen LogP contribution < -0.4 is 31.9 Å². The number of hydrogen-bond acceptors (Lipinski definition) is 15. The summed E-state index contributed by atoms with van der Waals surface area (Å²) in [5, 5.41) is 91.9. The van der Waals surface area contributed by atoms with Crippen molar-refractivity contribution in [1.82, 2.24) is 26.2 Å². The van der Waals surface area contributed by atoms with Crippen molar-refractivity contribution in [3.05, 3.63) is 43.7 Å². The Morgan fingerprint density at radius 2 is 0.767 bits per heavy atom. The van der Waals surface area contributed by atoms with Crippen LogP contribution in [-0.4, -0.2) is 178 Å². The van der Waals surface area contributed by atoms with E-state index >= 15 is 0 Å². The largest absolute Gasteiger partial charge is 0.395 e. The number of rotatable bonds is 23. The van der Waals surface area contributed by atoms with E-state index in [1.807, 2.05) is 67.8 Å². The predicted molar refractivity (Wildman–Crippen MR) is 266 cm³/mol. The molecule has 0 bridgehead atoms. The average molecular weight is 1520 g/mol. The molecule has 2 aromatic rings. The van der Waals surface area contributed by atoms with Gasteiger partial charge in [0.1, 0.15) is 0 Å². The number of nitrogens with zero attached hydrogens (tertiary/aromatic N) is 1. The molecule has 21 nitrogen and oxygen atoms in total. The van der Waals surface area contributed by atoms with Gasteiger partial charge in [0.15, 0.2) is 0 Å². The quantitative estimate of drug-likeness (QED) is 0.0544. The number of benzene rings is 2. The van der Waals surface area contributed by atoms with Crippen molar-refractivity contribution in [2.45, 2.75) is 18.3 Å². The third kappa shape index (κ3) is 15.8. The lowest BCUT2D eigenvalue weighted by Crippen LogP contribution is -2.44. The summed E-state index contributed by atoms with van der Waals surface area (Å²) >= 11 is 10.8. The molecular weight excluding hydrogens is 1480 g/mol. The Morgan fingerprint density at radius 3 is 1.05 bits per heavy atom. The van der Waals surface area contributed by atoms with Crippen LogP contribution in [0.3, 0.4) is 0 Å². The Kier molecular flexibility index (Phi) is 25.5. The third-order valence-electron chi connectivity index (χ3n) is 7.70. The molecule has 6 amide bonds.